The maximum Gasteiger partial charge on any atom is 0.254 e. The predicted molar refractivity (Wildman–Crippen MR) is 144 cm³/mol. The number of anilines is 2. The molecule has 2 fully saturated rings. The molecule has 2 aromatic heterocycles. The zero-order chi connectivity index (χ0) is 26.7. The Morgan fingerprint density at radius 1 is 1.11 bits per heavy atom. The number of nitrogens with zero attached hydrogens (tertiary/aromatic N) is 4. The van der Waals surface area contributed by atoms with E-state index in [4.69, 9.17) is 10.5 Å². The van der Waals surface area contributed by atoms with Gasteiger partial charge in [-0.25, -0.2) is 13.4 Å². The van der Waals surface area contributed by atoms with E-state index in [1.54, 1.807) is 6.20 Å². The van der Waals surface area contributed by atoms with Crippen LogP contribution in [0.5, 0.6) is 0 Å². The highest BCUT2D eigenvalue weighted by Crippen LogP contribution is 2.30. The van der Waals surface area contributed by atoms with Gasteiger partial charge >= 0.3 is 0 Å². The van der Waals surface area contributed by atoms with Crippen molar-refractivity contribution in [3.63, 3.8) is 0 Å². The SMILES string of the molecule is NC(=O)c1cn(C2CCCCC2)c2nc(Nc3ccc(CCS(=O)(=O)N4CCOCC4)cc3)ncc2c1=O. The minimum absolute atomic E-state index is 0.0412. The number of primary amides is 1. The third-order valence-corrected chi connectivity index (χ3v) is 9.10. The number of ether oxygens (including phenoxy) is 1. The van der Waals surface area contributed by atoms with Crippen LogP contribution in [0.3, 0.4) is 0 Å². The summed E-state index contributed by atoms with van der Waals surface area (Å²) in [7, 11) is -3.33. The lowest BCUT2D eigenvalue weighted by Gasteiger charge is -2.26. The standard InChI is InChI=1S/C26H32N6O5S/c27-24(34)22-17-32(20-4-2-1-3-5-20)25-21(23(22)33)16-28-26(30-25)29-19-8-6-18(7-9-19)10-15-38(35,36)31-11-13-37-14-12-31/h6-9,16-17,20H,1-5,10-15H2,(H2,27,34)(H,28,29,30). The minimum Gasteiger partial charge on any atom is -0.379 e. The van der Waals surface area contributed by atoms with Crippen LogP contribution in [0.15, 0.2) is 41.5 Å². The molecule has 2 aliphatic rings. The Kier molecular flexibility index (Phi) is 7.73. The number of fused-ring (bicyclic) bond motifs is 1. The number of pyridine rings is 1. The van der Waals surface area contributed by atoms with Gasteiger partial charge in [-0.1, -0.05) is 31.4 Å². The molecule has 202 valence electrons. The molecule has 38 heavy (non-hydrogen) atoms. The van der Waals surface area contributed by atoms with Crippen LogP contribution in [0.25, 0.3) is 11.0 Å². The molecule has 12 heteroatoms. The van der Waals surface area contributed by atoms with E-state index < -0.39 is 21.4 Å². The summed E-state index contributed by atoms with van der Waals surface area (Å²) in [6.07, 6.45) is 8.55. The van der Waals surface area contributed by atoms with Gasteiger partial charge in [-0.3, -0.25) is 9.59 Å². The van der Waals surface area contributed by atoms with Crippen molar-refractivity contribution in [2.75, 3.05) is 37.4 Å². The van der Waals surface area contributed by atoms with E-state index in [9.17, 15) is 18.0 Å². The van der Waals surface area contributed by atoms with Gasteiger partial charge in [-0.05, 0) is 37.0 Å². The number of carbonyl (C=O) groups excluding carboxylic acids is 1. The number of nitrogens with one attached hydrogen (secondary N) is 1. The molecule has 0 bridgehead atoms. The van der Waals surface area contributed by atoms with Gasteiger partial charge in [0.05, 0.1) is 24.4 Å². The first-order valence-electron chi connectivity index (χ1n) is 12.9. The summed E-state index contributed by atoms with van der Waals surface area (Å²) in [5, 5.41) is 3.42. The molecule has 0 spiro atoms. The van der Waals surface area contributed by atoms with Crippen LogP contribution in [-0.4, -0.2) is 65.2 Å². The molecule has 3 heterocycles. The van der Waals surface area contributed by atoms with Crippen molar-refractivity contribution >= 4 is 38.6 Å². The summed E-state index contributed by atoms with van der Waals surface area (Å²) in [6, 6.07) is 7.55. The molecule has 11 nitrogen and oxygen atoms in total. The van der Waals surface area contributed by atoms with Gasteiger partial charge in [0, 0.05) is 37.2 Å². The van der Waals surface area contributed by atoms with Crippen molar-refractivity contribution < 1.29 is 17.9 Å². The third kappa shape index (κ3) is 5.71. The number of amides is 1. The number of carbonyl (C=O) groups is 1. The number of hydrogen-bond donors (Lipinski definition) is 2. The molecule has 1 aliphatic carbocycles. The second kappa shape index (κ2) is 11.2. The highest BCUT2D eigenvalue weighted by molar-refractivity contribution is 7.89. The maximum absolute atomic E-state index is 12.9. The molecule has 1 saturated heterocycles. The molecule has 1 aliphatic heterocycles. The first-order chi connectivity index (χ1) is 18.3. The monoisotopic (exact) mass is 540 g/mol. The van der Waals surface area contributed by atoms with Gasteiger partial charge < -0.3 is 20.4 Å². The fourth-order valence-corrected chi connectivity index (χ4v) is 6.55. The predicted octanol–water partition coefficient (Wildman–Crippen LogP) is 2.34. The van der Waals surface area contributed by atoms with E-state index in [0.717, 1.165) is 43.4 Å². The fraction of sp³-hybridized carbons (Fsp3) is 0.462. The molecule has 1 saturated carbocycles. The van der Waals surface area contributed by atoms with Gasteiger partial charge in [0.2, 0.25) is 21.4 Å². The summed E-state index contributed by atoms with van der Waals surface area (Å²) >= 11 is 0. The second-order valence-corrected chi connectivity index (χ2v) is 11.9. The van der Waals surface area contributed by atoms with Gasteiger partial charge in [-0.2, -0.15) is 9.29 Å². The smallest absolute Gasteiger partial charge is 0.254 e. The number of rotatable bonds is 8. The van der Waals surface area contributed by atoms with E-state index in [-0.39, 0.29) is 22.7 Å². The average Bonchev–Trinajstić information content (AvgIpc) is 2.94. The van der Waals surface area contributed by atoms with Crippen LogP contribution in [0.2, 0.25) is 0 Å². The minimum atomic E-state index is -3.33. The van der Waals surface area contributed by atoms with Crippen LogP contribution in [0.1, 0.15) is 54.1 Å². The second-order valence-electron chi connectivity index (χ2n) is 9.77. The van der Waals surface area contributed by atoms with Gasteiger partial charge in [0.25, 0.3) is 5.91 Å². The topological polar surface area (TPSA) is 150 Å². The lowest BCUT2D eigenvalue weighted by molar-refractivity contribution is 0.0730. The van der Waals surface area contributed by atoms with Crippen LogP contribution >= 0.6 is 0 Å². The lowest BCUT2D eigenvalue weighted by Crippen LogP contribution is -2.42. The van der Waals surface area contributed by atoms with Crippen molar-refractivity contribution in [1.82, 2.24) is 18.8 Å². The van der Waals surface area contributed by atoms with Crippen molar-refractivity contribution in [3.8, 4) is 0 Å². The molecule has 1 amide bonds. The van der Waals surface area contributed by atoms with Crippen molar-refractivity contribution in [2.24, 2.45) is 5.73 Å². The number of morpholine rings is 1. The molecule has 1 aromatic carbocycles. The van der Waals surface area contributed by atoms with E-state index in [1.807, 2.05) is 28.8 Å². The lowest BCUT2D eigenvalue weighted by atomic mass is 9.95. The third-order valence-electron chi connectivity index (χ3n) is 7.23. The summed E-state index contributed by atoms with van der Waals surface area (Å²) in [6.45, 7) is 1.66. The highest BCUT2D eigenvalue weighted by atomic mass is 32.2. The van der Waals surface area contributed by atoms with Gasteiger partial charge in [0.1, 0.15) is 11.2 Å². The number of nitrogens with two attached hydrogens (primary N) is 1. The normalized spacial score (nSPS) is 17.5. The Hall–Kier alpha value is -3.35. The summed E-state index contributed by atoms with van der Waals surface area (Å²) in [5.74, 6) is -0.406. The molecule has 0 unspecified atom stereocenters. The highest BCUT2D eigenvalue weighted by Gasteiger charge is 2.24. The number of sulfonamides is 1. The molecular formula is C26H32N6O5S. The summed E-state index contributed by atoms with van der Waals surface area (Å²) in [5.41, 5.74) is 7.05. The molecular weight excluding hydrogens is 508 g/mol. The Balaban J connectivity index is 1.34. The zero-order valence-corrected chi connectivity index (χ0v) is 22.0. The Labute approximate surface area is 221 Å². The molecule has 5 rings (SSSR count). The number of aryl methyl sites for hydroxylation is 1. The largest absolute Gasteiger partial charge is 0.379 e. The Morgan fingerprint density at radius 3 is 2.50 bits per heavy atom. The van der Waals surface area contributed by atoms with Crippen LogP contribution < -0.4 is 16.5 Å². The van der Waals surface area contributed by atoms with Gasteiger partial charge in [0.15, 0.2) is 0 Å². The first kappa shape index (κ1) is 26.3. The van der Waals surface area contributed by atoms with E-state index in [0.29, 0.717) is 44.3 Å². The molecule has 0 atom stereocenters. The van der Waals surface area contributed by atoms with Crippen LogP contribution in [0, 0.1) is 0 Å². The van der Waals surface area contributed by atoms with Crippen molar-refractivity contribution in [1.29, 1.82) is 0 Å². The summed E-state index contributed by atoms with van der Waals surface area (Å²) in [4.78, 5) is 33.8. The maximum atomic E-state index is 12.9. The molecule has 3 N–H and O–H groups in total. The Morgan fingerprint density at radius 2 is 1.82 bits per heavy atom. The number of hydrogen-bond acceptors (Lipinski definition) is 8. The molecule has 0 radical (unpaired) electrons. The average molecular weight is 541 g/mol. The number of benzene rings is 1. The van der Waals surface area contributed by atoms with Crippen molar-refractivity contribution in [3.05, 3.63) is 58.0 Å². The summed E-state index contributed by atoms with van der Waals surface area (Å²) < 4.78 is 33.8. The van der Waals surface area contributed by atoms with E-state index in [1.165, 1.54) is 10.5 Å². The van der Waals surface area contributed by atoms with E-state index in [2.05, 4.69) is 15.3 Å². The fourth-order valence-electron chi connectivity index (χ4n) is 5.09. The Bertz CT molecular complexity index is 1480. The van der Waals surface area contributed by atoms with Crippen molar-refractivity contribution in [2.45, 2.75) is 44.6 Å². The first-order valence-corrected chi connectivity index (χ1v) is 14.6. The molecule has 3 aromatic rings. The number of aromatic nitrogens is 3. The van der Waals surface area contributed by atoms with E-state index >= 15 is 0 Å². The van der Waals surface area contributed by atoms with Crippen LogP contribution in [0.4, 0.5) is 11.6 Å². The quantitative estimate of drug-likeness (QED) is 0.442. The van der Waals surface area contributed by atoms with Crippen LogP contribution in [-0.2, 0) is 21.2 Å². The zero-order valence-electron chi connectivity index (χ0n) is 21.1. The van der Waals surface area contributed by atoms with Gasteiger partial charge in [-0.15, -0.1) is 0 Å².